The van der Waals surface area contributed by atoms with Gasteiger partial charge < -0.3 is 20.5 Å². The number of hydrogen-bond donors (Lipinski definition) is 2. The van der Waals surface area contributed by atoms with Gasteiger partial charge >= 0.3 is 0 Å². The van der Waals surface area contributed by atoms with Gasteiger partial charge in [0.2, 0.25) is 0 Å². The first-order chi connectivity index (χ1) is 12.6. The fourth-order valence-electron chi connectivity index (χ4n) is 2.85. The Morgan fingerprint density at radius 2 is 1.96 bits per heavy atom. The van der Waals surface area contributed by atoms with Crippen molar-refractivity contribution in [2.45, 2.75) is 18.9 Å². The van der Waals surface area contributed by atoms with Gasteiger partial charge in [0.15, 0.2) is 6.61 Å². The molecule has 2 aromatic carbocycles. The van der Waals surface area contributed by atoms with Gasteiger partial charge in [0.05, 0.1) is 6.10 Å². The molecule has 0 aromatic heterocycles. The van der Waals surface area contributed by atoms with E-state index >= 15 is 0 Å². The second kappa shape index (κ2) is 8.49. The molecule has 3 N–H and O–H groups in total. The van der Waals surface area contributed by atoms with Crippen molar-refractivity contribution in [3.05, 3.63) is 54.1 Å². The van der Waals surface area contributed by atoms with Crippen LogP contribution < -0.4 is 15.8 Å². The monoisotopic (exact) mass is 354 g/mol. The van der Waals surface area contributed by atoms with Crippen LogP contribution in [0.4, 0.5) is 0 Å². The van der Waals surface area contributed by atoms with E-state index in [-0.39, 0.29) is 18.6 Å². The Hall–Kier alpha value is -2.86. The highest BCUT2D eigenvalue weighted by molar-refractivity contribution is 5.94. The molecular formula is C20H22N2O4. The van der Waals surface area contributed by atoms with Crippen LogP contribution in [0.15, 0.2) is 48.5 Å². The van der Waals surface area contributed by atoms with Crippen LogP contribution in [0.5, 0.6) is 5.75 Å². The summed E-state index contributed by atoms with van der Waals surface area (Å²) in [6.45, 7) is 1.16. The molecule has 0 saturated carbocycles. The Morgan fingerprint density at radius 1 is 1.15 bits per heavy atom. The summed E-state index contributed by atoms with van der Waals surface area (Å²) in [7, 11) is 0. The average molecular weight is 354 g/mol. The third-order valence-corrected chi connectivity index (χ3v) is 4.21. The molecule has 1 aliphatic heterocycles. The number of hydrogen-bond acceptors (Lipinski definition) is 4. The predicted octanol–water partition coefficient (Wildman–Crippen LogP) is 2.13. The van der Waals surface area contributed by atoms with E-state index in [1.54, 1.807) is 18.2 Å². The normalized spacial score (nSPS) is 16.2. The summed E-state index contributed by atoms with van der Waals surface area (Å²) in [4.78, 5) is 23.0. The van der Waals surface area contributed by atoms with Crippen LogP contribution in [0.3, 0.4) is 0 Å². The summed E-state index contributed by atoms with van der Waals surface area (Å²) < 4.78 is 10.8. The van der Waals surface area contributed by atoms with Gasteiger partial charge in [-0.05, 0) is 48.2 Å². The third-order valence-electron chi connectivity index (χ3n) is 4.21. The van der Waals surface area contributed by atoms with Gasteiger partial charge in [-0.1, -0.05) is 24.3 Å². The number of carbonyl (C=O) groups is 2. The SMILES string of the molecule is NC(=O)COc1cccc(-c2ccc(C(=O)NC[C@@H]3CCCO3)cc2)c1. The number of rotatable bonds is 7. The zero-order valence-corrected chi connectivity index (χ0v) is 14.4. The fraction of sp³-hybridized carbons (Fsp3) is 0.300. The first-order valence-corrected chi connectivity index (χ1v) is 8.63. The van der Waals surface area contributed by atoms with Crippen LogP contribution in [-0.4, -0.2) is 37.7 Å². The lowest BCUT2D eigenvalue weighted by atomic mass is 10.0. The Labute approximate surface area is 152 Å². The third kappa shape index (κ3) is 4.83. The molecule has 1 heterocycles. The molecule has 6 heteroatoms. The topological polar surface area (TPSA) is 90.7 Å². The number of primary amides is 1. The van der Waals surface area contributed by atoms with Crippen LogP contribution in [0.25, 0.3) is 11.1 Å². The molecule has 0 unspecified atom stereocenters. The number of nitrogens with one attached hydrogen (secondary N) is 1. The van der Waals surface area contributed by atoms with E-state index in [0.29, 0.717) is 17.9 Å². The van der Waals surface area contributed by atoms with Gasteiger partial charge in [-0.15, -0.1) is 0 Å². The fourth-order valence-corrected chi connectivity index (χ4v) is 2.85. The van der Waals surface area contributed by atoms with Crippen molar-refractivity contribution in [1.29, 1.82) is 0 Å². The quantitative estimate of drug-likeness (QED) is 0.797. The maximum atomic E-state index is 12.2. The minimum Gasteiger partial charge on any atom is -0.484 e. The van der Waals surface area contributed by atoms with Gasteiger partial charge in [0.1, 0.15) is 5.75 Å². The van der Waals surface area contributed by atoms with E-state index in [1.165, 1.54) is 0 Å². The Balaban J connectivity index is 1.62. The zero-order chi connectivity index (χ0) is 18.4. The molecule has 0 radical (unpaired) electrons. The molecule has 1 saturated heterocycles. The lowest BCUT2D eigenvalue weighted by Gasteiger charge is -2.11. The maximum absolute atomic E-state index is 12.2. The number of benzene rings is 2. The molecule has 0 aliphatic carbocycles. The van der Waals surface area contributed by atoms with Gasteiger partial charge in [0, 0.05) is 18.7 Å². The Bertz CT molecular complexity index is 768. The second-order valence-corrected chi connectivity index (χ2v) is 6.21. The summed E-state index contributed by atoms with van der Waals surface area (Å²) >= 11 is 0. The highest BCUT2D eigenvalue weighted by Crippen LogP contribution is 2.24. The van der Waals surface area contributed by atoms with Gasteiger partial charge in [-0.2, -0.15) is 0 Å². The minimum absolute atomic E-state index is 0.106. The van der Waals surface area contributed by atoms with Crippen LogP contribution in [0, 0.1) is 0 Å². The molecule has 2 amide bonds. The van der Waals surface area contributed by atoms with E-state index in [0.717, 1.165) is 30.6 Å². The van der Waals surface area contributed by atoms with Crippen molar-refractivity contribution in [2.75, 3.05) is 19.8 Å². The van der Waals surface area contributed by atoms with Crippen molar-refractivity contribution in [3.63, 3.8) is 0 Å². The molecule has 1 fully saturated rings. The van der Waals surface area contributed by atoms with E-state index in [1.807, 2.05) is 30.3 Å². The molecule has 1 atom stereocenters. The summed E-state index contributed by atoms with van der Waals surface area (Å²) in [6, 6.07) is 14.7. The average Bonchev–Trinajstić information content (AvgIpc) is 3.18. The van der Waals surface area contributed by atoms with Gasteiger partial charge in [0.25, 0.3) is 11.8 Å². The summed E-state index contributed by atoms with van der Waals surface area (Å²) in [5, 5.41) is 2.91. The number of ether oxygens (including phenoxy) is 2. The van der Waals surface area contributed by atoms with Crippen LogP contribution in [-0.2, 0) is 9.53 Å². The highest BCUT2D eigenvalue weighted by atomic mass is 16.5. The summed E-state index contributed by atoms with van der Waals surface area (Å²) in [5.74, 6) is -0.0564. The lowest BCUT2D eigenvalue weighted by Crippen LogP contribution is -2.31. The first kappa shape index (κ1) is 17.9. The Kier molecular flexibility index (Phi) is 5.86. The molecule has 1 aliphatic rings. The lowest BCUT2D eigenvalue weighted by molar-refractivity contribution is -0.119. The highest BCUT2D eigenvalue weighted by Gasteiger charge is 2.16. The van der Waals surface area contributed by atoms with E-state index in [4.69, 9.17) is 15.2 Å². The van der Waals surface area contributed by atoms with Crippen LogP contribution in [0.1, 0.15) is 23.2 Å². The van der Waals surface area contributed by atoms with Crippen LogP contribution >= 0.6 is 0 Å². The molecule has 136 valence electrons. The van der Waals surface area contributed by atoms with Crippen molar-refractivity contribution in [3.8, 4) is 16.9 Å². The van der Waals surface area contributed by atoms with E-state index < -0.39 is 5.91 Å². The maximum Gasteiger partial charge on any atom is 0.255 e. The van der Waals surface area contributed by atoms with Gasteiger partial charge in [-0.25, -0.2) is 0 Å². The predicted molar refractivity (Wildman–Crippen MR) is 97.9 cm³/mol. The molecule has 26 heavy (non-hydrogen) atoms. The molecular weight excluding hydrogens is 332 g/mol. The molecule has 2 aromatic rings. The first-order valence-electron chi connectivity index (χ1n) is 8.63. The minimum atomic E-state index is -0.520. The molecule has 6 nitrogen and oxygen atoms in total. The second-order valence-electron chi connectivity index (χ2n) is 6.21. The van der Waals surface area contributed by atoms with Crippen molar-refractivity contribution >= 4 is 11.8 Å². The number of nitrogens with two attached hydrogens (primary N) is 1. The number of amides is 2. The standard InChI is InChI=1S/C20H22N2O4/c21-19(23)13-26-17-4-1-3-16(11-17)14-6-8-15(9-7-14)20(24)22-12-18-5-2-10-25-18/h1,3-4,6-9,11,18H,2,5,10,12-13H2,(H2,21,23)(H,22,24)/t18-/m0/s1. The van der Waals surface area contributed by atoms with Crippen molar-refractivity contribution in [1.82, 2.24) is 5.32 Å². The van der Waals surface area contributed by atoms with E-state index in [9.17, 15) is 9.59 Å². The number of carbonyl (C=O) groups excluding carboxylic acids is 2. The largest absolute Gasteiger partial charge is 0.484 e. The Morgan fingerprint density at radius 3 is 2.65 bits per heavy atom. The zero-order valence-electron chi connectivity index (χ0n) is 14.4. The summed E-state index contributed by atoms with van der Waals surface area (Å²) in [5.41, 5.74) is 7.57. The van der Waals surface area contributed by atoms with E-state index in [2.05, 4.69) is 5.32 Å². The van der Waals surface area contributed by atoms with Crippen molar-refractivity contribution < 1.29 is 19.1 Å². The molecule has 3 rings (SSSR count). The summed E-state index contributed by atoms with van der Waals surface area (Å²) in [6.07, 6.45) is 2.17. The van der Waals surface area contributed by atoms with Crippen molar-refractivity contribution in [2.24, 2.45) is 5.73 Å². The molecule has 0 bridgehead atoms. The van der Waals surface area contributed by atoms with Gasteiger partial charge in [-0.3, -0.25) is 9.59 Å². The molecule has 0 spiro atoms. The van der Waals surface area contributed by atoms with Crippen LogP contribution in [0.2, 0.25) is 0 Å². The smallest absolute Gasteiger partial charge is 0.255 e.